The summed E-state index contributed by atoms with van der Waals surface area (Å²) in [7, 11) is 0. The first-order valence-corrected chi connectivity index (χ1v) is 10.9. The van der Waals surface area contributed by atoms with Crippen LogP contribution in [0.15, 0.2) is 72.8 Å². The van der Waals surface area contributed by atoms with Crippen LogP contribution in [-0.2, 0) is 10.8 Å². The van der Waals surface area contributed by atoms with Crippen molar-refractivity contribution in [1.82, 2.24) is 0 Å². The van der Waals surface area contributed by atoms with Crippen LogP contribution in [0.5, 0.6) is 5.75 Å². The predicted octanol–water partition coefficient (Wildman–Crippen LogP) is 7.28. The van der Waals surface area contributed by atoms with Crippen LogP contribution in [0.4, 0.5) is 0 Å². The summed E-state index contributed by atoms with van der Waals surface area (Å²) in [5.41, 5.74) is 2.98. The molecular weight excluding hydrogens is 420 g/mol. The Balaban J connectivity index is 0.000000336. The molecule has 0 saturated heterocycles. The maximum atomic E-state index is 12.8. The molecule has 3 aromatic carbocycles. The molecule has 0 aliphatic heterocycles. The Morgan fingerprint density at radius 3 is 1.34 bits per heavy atom. The molecule has 168 valence electrons. The first-order chi connectivity index (χ1) is 14.8. The molecule has 0 fully saturated rings. The Kier molecular flexibility index (Phi) is 8.03. The van der Waals surface area contributed by atoms with E-state index in [2.05, 4.69) is 0 Å². The minimum Gasteiger partial charge on any atom is -0.507 e. The van der Waals surface area contributed by atoms with Gasteiger partial charge >= 0.3 is 0 Å². The van der Waals surface area contributed by atoms with Gasteiger partial charge in [-0.3, -0.25) is 9.59 Å². The molecule has 0 bridgehead atoms. The van der Waals surface area contributed by atoms with Crippen LogP contribution in [0.25, 0.3) is 0 Å². The van der Waals surface area contributed by atoms with Crippen molar-refractivity contribution in [2.75, 3.05) is 0 Å². The highest BCUT2D eigenvalue weighted by molar-refractivity contribution is 6.67. The lowest BCUT2D eigenvalue weighted by Gasteiger charge is -2.28. The third-order valence-electron chi connectivity index (χ3n) is 5.02. The van der Waals surface area contributed by atoms with Gasteiger partial charge in [0, 0.05) is 27.8 Å². The van der Waals surface area contributed by atoms with Crippen molar-refractivity contribution in [1.29, 1.82) is 0 Å². The van der Waals surface area contributed by atoms with Crippen LogP contribution in [-0.4, -0.2) is 16.1 Å². The van der Waals surface area contributed by atoms with Crippen molar-refractivity contribution in [3.63, 3.8) is 0 Å². The minimum absolute atomic E-state index is 0.0124. The van der Waals surface area contributed by atoms with Crippen molar-refractivity contribution in [3.05, 3.63) is 101 Å². The second-order valence-corrected chi connectivity index (χ2v) is 10.1. The summed E-state index contributed by atoms with van der Waals surface area (Å²) >= 11 is 5.16. The molecule has 1 N–H and O–H groups in total. The quantitative estimate of drug-likeness (QED) is 0.336. The average molecular weight is 451 g/mol. The summed E-state index contributed by atoms with van der Waals surface area (Å²) < 4.78 is 0. The molecule has 0 saturated carbocycles. The van der Waals surface area contributed by atoms with Gasteiger partial charge in [0.15, 0.2) is 5.78 Å². The van der Waals surface area contributed by atoms with E-state index in [0.717, 1.165) is 11.1 Å². The third-order valence-corrected chi connectivity index (χ3v) is 5.24. The van der Waals surface area contributed by atoms with Crippen LogP contribution in [0, 0.1) is 0 Å². The summed E-state index contributed by atoms with van der Waals surface area (Å²) in [6.07, 6.45) is 0. The minimum atomic E-state index is -0.407. The van der Waals surface area contributed by atoms with Crippen molar-refractivity contribution in [3.8, 4) is 5.75 Å². The Bertz CT molecular complexity index is 1040. The summed E-state index contributed by atoms with van der Waals surface area (Å²) in [6, 6.07) is 21.7. The van der Waals surface area contributed by atoms with Gasteiger partial charge in [-0.05, 0) is 34.6 Å². The van der Waals surface area contributed by atoms with E-state index in [-0.39, 0.29) is 16.6 Å². The third kappa shape index (κ3) is 6.54. The summed E-state index contributed by atoms with van der Waals surface area (Å²) in [5.74, 6) is 0.288. The molecule has 3 rings (SSSR count). The molecule has 0 aliphatic rings. The lowest BCUT2D eigenvalue weighted by atomic mass is 9.78. The van der Waals surface area contributed by atoms with E-state index >= 15 is 0 Å². The lowest BCUT2D eigenvalue weighted by Crippen LogP contribution is -2.19. The van der Waals surface area contributed by atoms with Crippen LogP contribution in [0.3, 0.4) is 0 Å². The topological polar surface area (TPSA) is 54.4 Å². The molecule has 3 nitrogen and oxygen atoms in total. The molecule has 0 aliphatic carbocycles. The van der Waals surface area contributed by atoms with Crippen molar-refractivity contribution < 1.29 is 14.7 Å². The standard InChI is InChI=1S/C21H26O2.C7H5ClO/c1-20(2,3)16-12-15(13-17(19(16)23)21(4,5)6)18(22)14-10-8-7-9-11-14;8-7(9)6-4-2-1-3-5-6/h7-13,23H,1-6H3;1-5H. The molecule has 0 radical (unpaired) electrons. The number of carbonyl (C=O) groups is 2. The van der Waals surface area contributed by atoms with Crippen LogP contribution in [0.1, 0.15) is 78.9 Å². The van der Waals surface area contributed by atoms with Gasteiger partial charge in [-0.2, -0.15) is 0 Å². The maximum absolute atomic E-state index is 12.8. The Hall–Kier alpha value is -2.91. The first kappa shape index (κ1) is 25.4. The zero-order valence-electron chi connectivity index (χ0n) is 19.6. The molecule has 0 heterocycles. The summed E-state index contributed by atoms with van der Waals surface area (Å²) in [6.45, 7) is 12.3. The average Bonchev–Trinajstić information content (AvgIpc) is 2.73. The fourth-order valence-corrected chi connectivity index (χ4v) is 3.36. The van der Waals surface area contributed by atoms with Gasteiger partial charge in [0.25, 0.3) is 5.24 Å². The number of benzene rings is 3. The van der Waals surface area contributed by atoms with Crippen molar-refractivity contribution in [2.24, 2.45) is 0 Å². The van der Waals surface area contributed by atoms with E-state index in [1.165, 1.54) is 0 Å². The number of carbonyl (C=O) groups excluding carboxylic acids is 2. The van der Waals surface area contributed by atoms with E-state index < -0.39 is 5.24 Å². The Labute approximate surface area is 196 Å². The lowest BCUT2D eigenvalue weighted by molar-refractivity contribution is 0.103. The summed E-state index contributed by atoms with van der Waals surface area (Å²) in [5, 5.41) is 10.3. The van der Waals surface area contributed by atoms with Crippen LogP contribution >= 0.6 is 11.6 Å². The second-order valence-electron chi connectivity index (χ2n) is 9.75. The zero-order chi connectivity index (χ0) is 24.1. The largest absolute Gasteiger partial charge is 0.507 e. The van der Waals surface area contributed by atoms with Gasteiger partial charge < -0.3 is 5.11 Å². The Morgan fingerprint density at radius 2 is 1.03 bits per heavy atom. The number of hydrogen-bond acceptors (Lipinski definition) is 3. The smallest absolute Gasteiger partial charge is 0.252 e. The predicted molar refractivity (Wildman–Crippen MR) is 132 cm³/mol. The molecule has 4 heteroatoms. The van der Waals surface area contributed by atoms with Crippen LogP contribution in [0.2, 0.25) is 0 Å². The number of halogens is 1. The van der Waals surface area contributed by atoms with Gasteiger partial charge in [-0.1, -0.05) is 102 Å². The second kappa shape index (κ2) is 10.1. The monoisotopic (exact) mass is 450 g/mol. The molecule has 0 amide bonds. The molecule has 0 atom stereocenters. The first-order valence-electron chi connectivity index (χ1n) is 10.5. The normalized spacial score (nSPS) is 11.3. The number of phenolic OH excluding ortho intramolecular Hbond substituents is 1. The van der Waals surface area contributed by atoms with E-state index in [1.54, 1.807) is 24.3 Å². The van der Waals surface area contributed by atoms with Crippen molar-refractivity contribution in [2.45, 2.75) is 52.4 Å². The van der Waals surface area contributed by atoms with Gasteiger partial charge in [0.2, 0.25) is 0 Å². The molecule has 3 aromatic rings. The highest BCUT2D eigenvalue weighted by atomic mass is 35.5. The number of ketones is 1. The van der Waals surface area contributed by atoms with E-state index in [4.69, 9.17) is 11.6 Å². The van der Waals surface area contributed by atoms with Gasteiger partial charge in [-0.15, -0.1) is 0 Å². The summed E-state index contributed by atoms with van der Waals surface area (Å²) in [4.78, 5) is 23.2. The van der Waals surface area contributed by atoms with Gasteiger partial charge in [-0.25, -0.2) is 0 Å². The van der Waals surface area contributed by atoms with E-state index in [0.29, 0.717) is 22.4 Å². The maximum Gasteiger partial charge on any atom is 0.252 e. The molecular formula is C28H31ClO3. The number of rotatable bonds is 3. The number of aromatic hydroxyl groups is 1. The van der Waals surface area contributed by atoms with Crippen LogP contribution < -0.4 is 0 Å². The van der Waals surface area contributed by atoms with Crippen molar-refractivity contribution >= 4 is 22.6 Å². The fourth-order valence-electron chi connectivity index (χ4n) is 3.23. The molecule has 32 heavy (non-hydrogen) atoms. The highest BCUT2D eigenvalue weighted by Gasteiger charge is 2.28. The highest BCUT2D eigenvalue weighted by Crippen LogP contribution is 2.40. The van der Waals surface area contributed by atoms with Gasteiger partial charge in [0.1, 0.15) is 5.75 Å². The molecule has 0 spiro atoms. The fraction of sp³-hybridized carbons (Fsp3) is 0.286. The Morgan fingerprint density at radius 1 is 0.656 bits per heavy atom. The zero-order valence-corrected chi connectivity index (χ0v) is 20.3. The van der Waals surface area contributed by atoms with E-state index in [9.17, 15) is 14.7 Å². The molecule has 0 unspecified atom stereocenters. The molecule has 0 aromatic heterocycles. The number of phenols is 1. The number of hydrogen-bond donors (Lipinski definition) is 1. The van der Waals surface area contributed by atoms with E-state index in [1.807, 2.05) is 90.1 Å². The SMILES string of the molecule is CC(C)(C)c1cc(C(=O)c2ccccc2)cc(C(C)(C)C)c1O.O=C(Cl)c1ccccc1. The van der Waals surface area contributed by atoms with Gasteiger partial charge in [0.05, 0.1) is 0 Å².